The molecule has 0 saturated heterocycles. The third kappa shape index (κ3) is 3.44. The largest absolute Gasteiger partial charge is 0.459 e. The quantitative estimate of drug-likeness (QED) is 0.594. The Morgan fingerprint density at radius 2 is 1.88 bits per heavy atom. The van der Waals surface area contributed by atoms with Gasteiger partial charge in [-0.2, -0.15) is 13.2 Å². The van der Waals surface area contributed by atoms with Crippen LogP contribution in [-0.4, -0.2) is 12.1 Å². The lowest BCUT2D eigenvalue weighted by Gasteiger charge is -2.11. The molecular formula is C11H10F4O2. The van der Waals surface area contributed by atoms with Gasteiger partial charge in [-0.1, -0.05) is 0 Å². The number of hydrogen-bond donors (Lipinski definition) is 0. The number of carbonyl (C=O) groups excluding carboxylic acids is 1. The molecule has 1 aromatic rings. The highest BCUT2D eigenvalue weighted by atomic mass is 19.4. The number of hydrogen-bond acceptors (Lipinski definition) is 2. The van der Waals surface area contributed by atoms with E-state index >= 15 is 0 Å². The molecular weight excluding hydrogens is 240 g/mol. The van der Waals surface area contributed by atoms with E-state index in [1.165, 1.54) is 0 Å². The van der Waals surface area contributed by atoms with Crippen molar-refractivity contribution in [2.24, 2.45) is 0 Å². The highest BCUT2D eigenvalue weighted by Gasteiger charge is 2.34. The van der Waals surface area contributed by atoms with Crippen LogP contribution in [0.15, 0.2) is 18.2 Å². The normalized spacial score (nSPS) is 11.7. The van der Waals surface area contributed by atoms with Gasteiger partial charge in [0.15, 0.2) is 0 Å². The van der Waals surface area contributed by atoms with Crippen LogP contribution in [-0.2, 0) is 10.9 Å². The van der Waals surface area contributed by atoms with E-state index in [1.54, 1.807) is 13.8 Å². The molecule has 0 N–H and O–H groups in total. The van der Waals surface area contributed by atoms with Crippen molar-refractivity contribution in [1.82, 2.24) is 0 Å². The zero-order valence-corrected chi connectivity index (χ0v) is 9.14. The van der Waals surface area contributed by atoms with Crippen molar-refractivity contribution in [3.05, 3.63) is 35.1 Å². The van der Waals surface area contributed by atoms with E-state index in [2.05, 4.69) is 0 Å². The van der Waals surface area contributed by atoms with E-state index in [-0.39, 0.29) is 5.56 Å². The Kier molecular flexibility index (Phi) is 3.75. The maximum absolute atomic E-state index is 12.9. The van der Waals surface area contributed by atoms with Crippen molar-refractivity contribution in [2.45, 2.75) is 26.1 Å². The summed E-state index contributed by atoms with van der Waals surface area (Å²) in [6, 6.07) is 2.00. The second-order valence-corrected chi connectivity index (χ2v) is 3.65. The van der Waals surface area contributed by atoms with Crippen molar-refractivity contribution in [1.29, 1.82) is 0 Å². The van der Waals surface area contributed by atoms with Gasteiger partial charge >= 0.3 is 12.1 Å². The lowest BCUT2D eigenvalue weighted by molar-refractivity contribution is -0.140. The molecule has 1 aromatic carbocycles. The predicted octanol–water partition coefficient (Wildman–Crippen LogP) is 3.41. The zero-order valence-electron chi connectivity index (χ0n) is 9.14. The minimum Gasteiger partial charge on any atom is -0.459 e. The maximum Gasteiger partial charge on any atom is 0.419 e. The van der Waals surface area contributed by atoms with Crippen LogP contribution in [0.3, 0.4) is 0 Å². The second-order valence-electron chi connectivity index (χ2n) is 3.65. The minimum absolute atomic E-state index is 0.326. The summed E-state index contributed by atoms with van der Waals surface area (Å²) in [6.45, 7) is 3.12. The van der Waals surface area contributed by atoms with Crippen LogP contribution in [0.1, 0.15) is 29.8 Å². The Labute approximate surface area is 95.2 Å². The van der Waals surface area contributed by atoms with Crippen LogP contribution in [0.4, 0.5) is 17.6 Å². The minimum atomic E-state index is -4.84. The van der Waals surface area contributed by atoms with Gasteiger partial charge in [0.1, 0.15) is 5.82 Å². The van der Waals surface area contributed by atoms with Gasteiger partial charge in [0.25, 0.3) is 0 Å². The first kappa shape index (κ1) is 13.5. The van der Waals surface area contributed by atoms with Gasteiger partial charge in [0.05, 0.1) is 17.2 Å². The fourth-order valence-corrected chi connectivity index (χ4v) is 1.15. The first-order valence-corrected chi connectivity index (χ1v) is 4.79. The molecule has 1 rings (SSSR count). The Bertz CT molecular complexity index is 424. The molecule has 0 amide bonds. The average molecular weight is 250 g/mol. The molecule has 0 aliphatic rings. The molecule has 0 aromatic heterocycles. The van der Waals surface area contributed by atoms with E-state index in [0.29, 0.717) is 12.1 Å². The van der Waals surface area contributed by atoms with Crippen LogP contribution < -0.4 is 0 Å². The number of rotatable bonds is 2. The van der Waals surface area contributed by atoms with Crippen LogP contribution in [0.5, 0.6) is 0 Å². The molecule has 6 heteroatoms. The highest BCUT2D eigenvalue weighted by Crippen LogP contribution is 2.32. The molecule has 94 valence electrons. The van der Waals surface area contributed by atoms with E-state index in [0.717, 1.165) is 6.07 Å². The summed E-state index contributed by atoms with van der Waals surface area (Å²) in [5.41, 5.74) is -1.80. The van der Waals surface area contributed by atoms with Crippen LogP contribution in [0, 0.1) is 5.82 Å². The number of alkyl halides is 3. The maximum atomic E-state index is 12.9. The first-order chi connectivity index (χ1) is 7.71. The SMILES string of the molecule is CC(C)OC(=O)c1ccc(F)c(C(F)(F)F)c1. The highest BCUT2D eigenvalue weighted by molar-refractivity contribution is 5.89. The van der Waals surface area contributed by atoms with Crippen molar-refractivity contribution in [2.75, 3.05) is 0 Å². The molecule has 0 bridgehead atoms. The lowest BCUT2D eigenvalue weighted by Crippen LogP contribution is -2.14. The summed E-state index contributed by atoms with van der Waals surface area (Å²) >= 11 is 0. The molecule has 0 aliphatic heterocycles. The van der Waals surface area contributed by atoms with Crippen LogP contribution >= 0.6 is 0 Å². The third-order valence-corrected chi connectivity index (χ3v) is 1.85. The summed E-state index contributed by atoms with van der Waals surface area (Å²) in [4.78, 5) is 11.3. The number of ether oxygens (including phenoxy) is 1. The van der Waals surface area contributed by atoms with Gasteiger partial charge in [0, 0.05) is 0 Å². The van der Waals surface area contributed by atoms with E-state index in [9.17, 15) is 22.4 Å². The molecule has 0 aliphatic carbocycles. The Morgan fingerprint density at radius 1 is 1.29 bits per heavy atom. The molecule has 2 nitrogen and oxygen atoms in total. The summed E-state index contributed by atoms with van der Waals surface area (Å²) in [5.74, 6) is -2.33. The van der Waals surface area contributed by atoms with Gasteiger partial charge in [-0.25, -0.2) is 9.18 Å². The van der Waals surface area contributed by atoms with Gasteiger partial charge in [-0.15, -0.1) is 0 Å². The van der Waals surface area contributed by atoms with Crippen LogP contribution in [0.25, 0.3) is 0 Å². The monoisotopic (exact) mass is 250 g/mol. The van der Waals surface area contributed by atoms with Crippen molar-refractivity contribution < 1.29 is 27.1 Å². The van der Waals surface area contributed by atoms with Crippen molar-refractivity contribution in [3.63, 3.8) is 0 Å². The smallest absolute Gasteiger partial charge is 0.419 e. The number of halogens is 4. The first-order valence-electron chi connectivity index (χ1n) is 4.79. The van der Waals surface area contributed by atoms with E-state index < -0.39 is 29.6 Å². The molecule has 0 saturated carbocycles. The third-order valence-electron chi connectivity index (χ3n) is 1.85. The predicted molar refractivity (Wildman–Crippen MR) is 52.0 cm³/mol. The zero-order chi connectivity index (χ0) is 13.2. The molecule has 0 unspecified atom stereocenters. The standard InChI is InChI=1S/C11H10F4O2/c1-6(2)17-10(16)7-3-4-9(12)8(5-7)11(13,14)15/h3-6H,1-2H3. The van der Waals surface area contributed by atoms with E-state index in [1.807, 2.05) is 0 Å². The average Bonchev–Trinajstić information content (AvgIpc) is 2.15. The number of benzene rings is 1. The summed E-state index contributed by atoms with van der Waals surface area (Å²) in [6.07, 6.45) is -5.29. The fraction of sp³-hybridized carbons (Fsp3) is 0.364. The molecule has 0 fully saturated rings. The molecule has 17 heavy (non-hydrogen) atoms. The molecule has 0 heterocycles. The fourth-order valence-electron chi connectivity index (χ4n) is 1.15. The Hall–Kier alpha value is -1.59. The van der Waals surface area contributed by atoms with Crippen LogP contribution in [0.2, 0.25) is 0 Å². The van der Waals surface area contributed by atoms with Gasteiger partial charge in [-0.05, 0) is 32.0 Å². The summed E-state index contributed by atoms with van der Waals surface area (Å²) in [5, 5.41) is 0. The van der Waals surface area contributed by atoms with Gasteiger partial charge < -0.3 is 4.74 Å². The number of carbonyl (C=O) groups is 1. The van der Waals surface area contributed by atoms with Gasteiger partial charge in [0.2, 0.25) is 0 Å². The Morgan fingerprint density at radius 3 is 2.35 bits per heavy atom. The lowest BCUT2D eigenvalue weighted by atomic mass is 10.1. The number of esters is 1. The summed E-state index contributed by atoms with van der Waals surface area (Å²) in [7, 11) is 0. The Balaban J connectivity index is 3.09. The second kappa shape index (κ2) is 4.73. The molecule has 0 radical (unpaired) electrons. The van der Waals surface area contributed by atoms with E-state index in [4.69, 9.17) is 4.74 Å². The molecule has 0 spiro atoms. The molecule has 0 atom stereocenters. The summed E-state index contributed by atoms with van der Waals surface area (Å²) < 4.78 is 54.7. The topological polar surface area (TPSA) is 26.3 Å². The van der Waals surface area contributed by atoms with Crippen molar-refractivity contribution in [3.8, 4) is 0 Å². The van der Waals surface area contributed by atoms with Crippen molar-refractivity contribution >= 4 is 5.97 Å². The van der Waals surface area contributed by atoms with Gasteiger partial charge in [-0.3, -0.25) is 0 Å².